The Morgan fingerprint density at radius 1 is 1.27 bits per heavy atom. The Morgan fingerprint density at radius 2 is 2.00 bits per heavy atom. The van der Waals surface area contributed by atoms with Crippen LogP contribution in [0, 0.1) is 12.3 Å². The molecule has 7 heteroatoms. The molecule has 1 aliphatic carbocycles. The van der Waals surface area contributed by atoms with Gasteiger partial charge in [-0.3, -0.25) is 4.79 Å². The predicted octanol–water partition coefficient (Wildman–Crippen LogP) is 3.16. The maximum Gasteiger partial charge on any atom is 0.253 e. The van der Waals surface area contributed by atoms with Gasteiger partial charge in [-0.1, -0.05) is 32.0 Å². The van der Waals surface area contributed by atoms with E-state index in [4.69, 9.17) is 5.73 Å². The second kappa shape index (κ2) is 6.67. The molecule has 1 aliphatic rings. The van der Waals surface area contributed by atoms with Gasteiger partial charge >= 0.3 is 0 Å². The third-order valence-corrected chi connectivity index (χ3v) is 4.22. The van der Waals surface area contributed by atoms with Crippen LogP contribution in [0.2, 0.25) is 0 Å². The zero-order valence-corrected chi connectivity index (χ0v) is 15.0. The van der Waals surface area contributed by atoms with Crippen LogP contribution in [0.25, 0.3) is 10.9 Å². The number of nitrogens with two attached hydrogens (primary N) is 1. The number of aliphatic hydroxyl groups is 1. The highest BCUT2D eigenvalue weighted by Crippen LogP contribution is 2.35. The van der Waals surface area contributed by atoms with E-state index >= 15 is 0 Å². The van der Waals surface area contributed by atoms with E-state index in [9.17, 15) is 9.90 Å². The third-order valence-electron chi connectivity index (χ3n) is 4.22. The van der Waals surface area contributed by atoms with Gasteiger partial charge in [0, 0.05) is 24.4 Å². The number of Topliss-reactive ketones (excluding diaryl/α,β-unsaturated/α-hetero) is 1. The van der Waals surface area contributed by atoms with E-state index < -0.39 is 0 Å². The summed E-state index contributed by atoms with van der Waals surface area (Å²) in [5.74, 6) is -0.0172. The summed E-state index contributed by atoms with van der Waals surface area (Å²) in [6, 6.07) is 7.61. The second-order valence-corrected chi connectivity index (χ2v) is 7.16. The molecule has 0 radical (unpaired) electrons. The average molecular weight is 351 g/mol. The van der Waals surface area contributed by atoms with E-state index in [1.165, 1.54) is 6.21 Å². The predicted molar refractivity (Wildman–Crippen MR) is 102 cm³/mol. The van der Waals surface area contributed by atoms with Crippen LogP contribution in [-0.4, -0.2) is 33.0 Å². The molecule has 0 aliphatic heterocycles. The number of fused-ring (bicyclic) bond motifs is 1. The van der Waals surface area contributed by atoms with Crippen molar-refractivity contribution in [1.82, 2.24) is 9.97 Å². The normalized spacial score (nSPS) is 18.1. The van der Waals surface area contributed by atoms with Crippen LogP contribution in [0.1, 0.15) is 32.4 Å². The van der Waals surface area contributed by atoms with Crippen LogP contribution in [0.3, 0.4) is 0 Å². The standard InChI is InChI=1S/C19H21N5O2/c1-11-12-6-4-5-7-14(12)23-18(22-11)24-17(20)21-10-13-15(25)8-19(2,3)9-16(13)26/h4-7,10,25H,8-9H2,1-3H3,(H2,20,22,23,24). The SMILES string of the molecule is Cc1nc(N=C(N)N=CC2=C(O)CC(C)(C)CC2=O)nc2ccccc12. The number of allylic oxidation sites excluding steroid dienone is 2. The van der Waals surface area contributed by atoms with Gasteiger partial charge in [0.2, 0.25) is 5.96 Å². The summed E-state index contributed by atoms with van der Waals surface area (Å²) in [7, 11) is 0. The molecule has 134 valence electrons. The van der Waals surface area contributed by atoms with Crippen molar-refractivity contribution in [1.29, 1.82) is 0 Å². The molecule has 0 atom stereocenters. The summed E-state index contributed by atoms with van der Waals surface area (Å²) in [6.07, 6.45) is 2.03. The summed E-state index contributed by atoms with van der Waals surface area (Å²) in [6.45, 7) is 5.74. The first kappa shape index (κ1) is 17.7. The Labute approximate surface area is 151 Å². The van der Waals surface area contributed by atoms with Crippen LogP contribution in [0.4, 0.5) is 5.95 Å². The second-order valence-electron chi connectivity index (χ2n) is 7.16. The highest BCUT2D eigenvalue weighted by molar-refractivity contribution is 6.16. The molecule has 26 heavy (non-hydrogen) atoms. The lowest BCUT2D eigenvalue weighted by Gasteiger charge is -2.28. The highest BCUT2D eigenvalue weighted by atomic mass is 16.3. The molecule has 7 nitrogen and oxygen atoms in total. The van der Waals surface area contributed by atoms with Gasteiger partial charge < -0.3 is 10.8 Å². The van der Waals surface area contributed by atoms with E-state index in [1.807, 2.05) is 45.0 Å². The van der Waals surface area contributed by atoms with Crippen molar-refractivity contribution in [2.75, 3.05) is 0 Å². The Hall–Kier alpha value is -3.09. The minimum Gasteiger partial charge on any atom is -0.511 e. The van der Waals surface area contributed by atoms with E-state index in [-0.39, 0.29) is 34.4 Å². The topological polar surface area (TPSA) is 114 Å². The van der Waals surface area contributed by atoms with E-state index in [0.29, 0.717) is 12.8 Å². The van der Waals surface area contributed by atoms with Gasteiger partial charge in [-0.15, -0.1) is 0 Å². The minimum absolute atomic E-state index is 0.0283. The maximum absolute atomic E-state index is 12.2. The largest absolute Gasteiger partial charge is 0.511 e. The lowest BCUT2D eigenvalue weighted by Crippen LogP contribution is -2.26. The molecule has 0 unspecified atom stereocenters. The van der Waals surface area contributed by atoms with Gasteiger partial charge in [0.05, 0.1) is 16.8 Å². The van der Waals surface area contributed by atoms with Gasteiger partial charge in [0.1, 0.15) is 5.76 Å². The number of aliphatic hydroxyl groups excluding tert-OH is 1. The smallest absolute Gasteiger partial charge is 0.253 e. The number of benzene rings is 1. The monoisotopic (exact) mass is 351 g/mol. The van der Waals surface area contributed by atoms with Crippen LogP contribution in [0.5, 0.6) is 0 Å². The van der Waals surface area contributed by atoms with Gasteiger partial charge in [0.25, 0.3) is 5.95 Å². The van der Waals surface area contributed by atoms with Gasteiger partial charge in [-0.25, -0.2) is 15.0 Å². The third kappa shape index (κ3) is 3.77. The molecule has 3 rings (SSSR count). The number of hydrogen-bond acceptors (Lipinski definition) is 5. The Kier molecular flexibility index (Phi) is 4.54. The quantitative estimate of drug-likeness (QED) is 0.637. The van der Waals surface area contributed by atoms with Gasteiger partial charge in [0.15, 0.2) is 5.78 Å². The van der Waals surface area contributed by atoms with Crippen molar-refractivity contribution < 1.29 is 9.90 Å². The van der Waals surface area contributed by atoms with Gasteiger partial charge in [-0.05, 0) is 18.4 Å². The van der Waals surface area contributed by atoms with Crippen LogP contribution >= 0.6 is 0 Å². The molecule has 0 saturated carbocycles. The van der Waals surface area contributed by atoms with Crippen molar-refractivity contribution in [3.05, 3.63) is 41.3 Å². The molecular weight excluding hydrogens is 330 g/mol. The van der Waals surface area contributed by atoms with Gasteiger partial charge in [-0.2, -0.15) is 4.99 Å². The molecule has 0 fully saturated rings. The summed E-state index contributed by atoms with van der Waals surface area (Å²) in [5, 5.41) is 11.0. The van der Waals surface area contributed by atoms with E-state index in [1.54, 1.807) is 0 Å². The summed E-state index contributed by atoms with van der Waals surface area (Å²) in [5.41, 5.74) is 7.29. The fourth-order valence-electron chi connectivity index (χ4n) is 2.98. The summed E-state index contributed by atoms with van der Waals surface area (Å²) < 4.78 is 0. The number of aryl methyl sites for hydroxylation is 1. The zero-order chi connectivity index (χ0) is 18.9. The Balaban J connectivity index is 1.87. The fraction of sp³-hybridized carbons (Fsp3) is 0.316. The van der Waals surface area contributed by atoms with E-state index in [2.05, 4.69) is 20.0 Å². The molecule has 1 aromatic carbocycles. The zero-order valence-electron chi connectivity index (χ0n) is 15.0. The summed E-state index contributed by atoms with van der Waals surface area (Å²) in [4.78, 5) is 28.9. The maximum atomic E-state index is 12.2. The number of rotatable bonds is 2. The number of guanidine groups is 1. The molecule has 0 amide bonds. The number of carbonyl (C=O) groups is 1. The number of aliphatic imine (C=N–C) groups is 2. The first-order chi connectivity index (χ1) is 12.2. The molecule has 1 heterocycles. The van der Waals surface area contributed by atoms with Crippen LogP contribution in [0.15, 0.2) is 45.6 Å². The first-order valence-corrected chi connectivity index (χ1v) is 8.32. The van der Waals surface area contributed by atoms with Crippen molar-refractivity contribution >= 4 is 34.8 Å². The number of carbonyl (C=O) groups excluding carboxylic acids is 1. The lowest BCUT2D eigenvalue weighted by molar-refractivity contribution is -0.117. The van der Waals surface area contributed by atoms with Crippen LogP contribution < -0.4 is 5.73 Å². The number of nitrogens with zero attached hydrogens (tertiary/aromatic N) is 4. The highest BCUT2D eigenvalue weighted by Gasteiger charge is 2.32. The van der Waals surface area contributed by atoms with Crippen molar-refractivity contribution in [3.8, 4) is 0 Å². The fourth-order valence-corrected chi connectivity index (χ4v) is 2.98. The molecule has 0 bridgehead atoms. The Bertz CT molecular complexity index is 973. The summed E-state index contributed by atoms with van der Waals surface area (Å²) >= 11 is 0. The average Bonchev–Trinajstić information content (AvgIpc) is 2.53. The number of aromatic nitrogens is 2. The van der Waals surface area contributed by atoms with Crippen molar-refractivity contribution in [2.45, 2.75) is 33.6 Å². The minimum atomic E-state index is -0.255. The molecule has 3 N–H and O–H groups in total. The lowest BCUT2D eigenvalue weighted by atomic mass is 9.77. The molecular formula is C19H21N5O2. The Morgan fingerprint density at radius 3 is 2.73 bits per heavy atom. The number of ketones is 1. The van der Waals surface area contributed by atoms with E-state index in [0.717, 1.165) is 16.6 Å². The molecule has 0 saturated heterocycles. The number of hydrogen-bond donors (Lipinski definition) is 2. The molecule has 0 spiro atoms. The first-order valence-electron chi connectivity index (χ1n) is 8.32. The van der Waals surface area contributed by atoms with Crippen LogP contribution in [-0.2, 0) is 4.79 Å². The molecule has 2 aromatic rings. The molecule has 1 aromatic heterocycles. The number of para-hydroxylation sites is 1. The van der Waals surface area contributed by atoms with Crippen molar-refractivity contribution in [3.63, 3.8) is 0 Å². The van der Waals surface area contributed by atoms with Crippen molar-refractivity contribution in [2.24, 2.45) is 21.1 Å².